The fourth-order valence-electron chi connectivity index (χ4n) is 9.19. The molecule has 2 atom stereocenters. The van der Waals surface area contributed by atoms with Gasteiger partial charge in [0.25, 0.3) is 0 Å². The van der Waals surface area contributed by atoms with Crippen molar-refractivity contribution < 1.29 is 0 Å². The van der Waals surface area contributed by atoms with Crippen LogP contribution in [0.25, 0.3) is 81.3 Å². The standard InChI is InChI=1S/C52H34N4S/c1-2-13-33(14-3-1)45-30-36(34-15-10-16-35(29-34)38-20-11-21-42-41-19-6-9-25-49(41)57-51(38)42)31-50(54-45)56-47-24-8-5-18-40(47)44-32-37(26-27-48(44)56)55-46-23-7-4-17-39(46)43-22-12-28-53-52(43)55/h1-32,39,46H. The van der Waals surface area contributed by atoms with Gasteiger partial charge in [0.1, 0.15) is 11.6 Å². The van der Waals surface area contributed by atoms with Crippen LogP contribution in [0.2, 0.25) is 0 Å². The Morgan fingerprint density at radius 3 is 2.25 bits per heavy atom. The molecule has 6 aromatic carbocycles. The van der Waals surface area contributed by atoms with E-state index in [1.165, 1.54) is 47.6 Å². The second kappa shape index (κ2) is 12.7. The first-order valence-electron chi connectivity index (χ1n) is 19.5. The normalized spacial score (nSPS) is 15.9. The number of hydrogen-bond donors (Lipinski definition) is 0. The lowest BCUT2D eigenvalue weighted by Gasteiger charge is -2.28. The zero-order chi connectivity index (χ0) is 37.5. The van der Waals surface area contributed by atoms with Gasteiger partial charge < -0.3 is 4.90 Å². The number of anilines is 2. The number of allylic oxidation sites excluding steroid dienone is 2. The predicted molar refractivity (Wildman–Crippen MR) is 239 cm³/mol. The van der Waals surface area contributed by atoms with Crippen LogP contribution in [0.3, 0.4) is 0 Å². The number of fused-ring (bicyclic) bond motifs is 9. The van der Waals surface area contributed by atoms with Crippen molar-refractivity contribution in [2.45, 2.75) is 12.0 Å². The van der Waals surface area contributed by atoms with Gasteiger partial charge in [-0.25, -0.2) is 9.97 Å². The summed E-state index contributed by atoms with van der Waals surface area (Å²) in [6.45, 7) is 0. The summed E-state index contributed by atoms with van der Waals surface area (Å²) in [7, 11) is 0. The first-order valence-corrected chi connectivity index (χ1v) is 20.3. The Balaban J connectivity index is 1.04. The van der Waals surface area contributed by atoms with Crippen molar-refractivity contribution in [1.29, 1.82) is 0 Å². The quantitative estimate of drug-likeness (QED) is 0.176. The number of para-hydroxylation sites is 1. The van der Waals surface area contributed by atoms with Gasteiger partial charge in [-0.05, 0) is 76.9 Å². The van der Waals surface area contributed by atoms with Gasteiger partial charge in [0.05, 0.1) is 22.8 Å². The summed E-state index contributed by atoms with van der Waals surface area (Å²) in [4.78, 5) is 12.7. The molecule has 2 aliphatic rings. The third kappa shape index (κ3) is 5.06. The van der Waals surface area contributed by atoms with Crippen LogP contribution in [0.1, 0.15) is 11.5 Å². The third-order valence-corrected chi connectivity index (χ3v) is 13.0. The van der Waals surface area contributed by atoms with Crippen molar-refractivity contribution in [3.63, 3.8) is 0 Å². The van der Waals surface area contributed by atoms with Gasteiger partial charge in [0, 0.05) is 59.9 Å². The molecule has 5 heterocycles. The van der Waals surface area contributed by atoms with E-state index >= 15 is 0 Å². The molecular formula is C52H34N4S. The van der Waals surface area contributed by atoms with Crippen molar-refractivity contribution in [1.82, 2.24) is 14.5 Å². The molecule has 268 valence electrons. The third-order valence-electron chi connectivity index (χ3n) is 11.8. The Kier molecular flexibility index (Phi) is 7.19. The number of thiophene rings is 1. The van der Waals surface area contributed by atoms with E-state index in [9.17, 15) is 0 Å². The minimum Gasteiger partial charge on any atom is -0.318 e. The van der Waals surface area contributed by atoms with Gasteiger partial charge >= 0.3 is 0 Å². The number of benzene rings is 6. The second-order valence-corrected chi connectivity index (χ2v) is 16.0. The molecule has 0 radical (unpaired) electrons. The van der Waals surface area contributed by atoms with Crippen LogP contribution in [0.5, 0.6) is 0 Å². The first kappa shape index (κ1) is 32.2. The lowest BCUT2D eigenvalue weighted by Crippen LogP contribution is -2.28. The molecule has 0 spiro atoms. The average Bonchev–Trinajstić information content (AvgIpc) is 3.94. The molecule has 0 bridgehead atoms. The summed E-state index contributed by atoms with van der Waals surface area (Å²) in [6, 6.07) is 59.5. The minimum absolute atomic E-state index is 0.180. The van der Waals surface area contributed by atoms with E-state index in [1.54, 1.807) is 0 Å². The van der Waals surface area contributed by atoms with Crippen molar-refractivity contribution in [3.05, 3.63) is 200 Å². The Morgan fingerprint density at radius 1 is 0.526 bits per heavy atom. The van der Waals surface area contributed by atoms with Crippen LogP contribution in [0, 0.1) is 0 Å². The van der Waals surface area contributed by atoms with Crippen LogP contribution < -0.4 is 4.90 Å². The summed E-state index contributed by atoms with van der Waals surface area (Å²) in [5, 5.41) is 5.00. The highest BCUT2D eigenvalue weighted by atomic mass is 32.1. The molecule has 0 amide bonds. The van der Waals surface area contributed by atoms with Crippen molar-refractivity contribution in [3.8, 4) is 39.3 Å². The van der Waals surface area contributed by atoms with E-state index in [0.29, 0.717) is 0 Å². The Labute approximate surface area is 334 Å². The average molecular weight is 747 g/mol. The van der Waals surface area contributed by atoms with Gasteiger partial charge in [0.2, 0.25) is 0 Å². The lowest BCUT2D eigenvalue weighted by molar-refractivity contribution is 0.743. The van der Waals surface area contributed by atoms with Crippen LogP contribution in [-0.4, -0.2) is 20.6 Å². The minimum atomic E-state index is 0.180. The molecule has 57 heavy (non-hydrogen) atoms. The summed E-state index contributed by atoms with van der Waals surface area (Å²) in [5.74, 6) is 2.19. The molecule has 0 saturated heterocycles. The molecule has 0 N–H and O–H groups in total. The number of aromatic nitrogens is 3. The number of nitrogens with zero attached hydrogens (tertiary/aromatic N) is 4. The van der Waals surface area contributed by atoms with Gasteiger partial charge in [0.15, 0.2) is 0 Å². The highest BCUT2D eigenvalue weighted by molar-refractivity contribution is 7.26. The second-order valence-electron chi connectivity index (χ2n) is 15.0. The van der Waals surface area contributed by atoms with E-state index in [4.69, 9.17) is 9.97 Å². The van der Waals surface area contributed by atoms with E-state index in [1.807, 2.05) is 17.5 Å². The maximum atomic E-state index is 5.43. The molecule has 4 nitrogen and oxygen atoms in total. The maximum Gasteiger partial charge on any atom is 0.138 e. The van der Waals surface area contributed by atoms with E-state index in [2.05, 4.69) is 198 Å². The number of pyridine rings is 2. The van der Waals surface area contributed by atoms with Crippen LogP contribution in [0.4, 0.5) is 11.5 Å². The fourth-order valence-corrected chi connectivity index (χ4v) is 10.4. The van der Waals surface area contributed by atoms with Crippen LogP contribution >= 0.6 is 11.3 Å². The molecule has 1 aliphatic carbocycles. The smallest absolute Gasteiger partial charge is 0.138 e. The monoisotopic (exact) mass is 746 g/mol. The largest absolute Gasteiger partial charge is 0.318 e. The molecule has 1 aliphatic heterocycles. The number of rotatable bonds is 5. The highest BCUT2D eigenvalue weighted by Crippen LogP contribution is 2.48. The molecule has 2 unspecified atom stereocenters. The van der Waals surface area contributed by atoms with Gasteiger partial charge in [-0.1, -0.05) is 133 Å². The van der Waals surface area contributed by atoms with E-state index in [0.717, 1.165) is 50.7 Å². The van der Waals surface area contributed by atoms with Crippen molar-refractivity contribution in [2.24, 2.45) is 0 Å². The Morgan fingerprint density at radius 2 is 1.30 bits per heavy atom. The molecule has 10 aromatic rings. The Hall–Kier alpha value is -7.08. The Bertz CT molecular complexity index is 3280. The zero-order valence-corrected chi connectivity index (χ0v) is 31.6. The summed E-state index contributed by atoms with van der Waals surface area (Å²) < 4.78 is 4.98. The molecule has 12 rings (SSSR count). The SMILES string of the molecule is C1=CC2c3cccnc3N(c3ccc4c(c3)c3ccccc3n4-c3cc(-c4cccc(-c5cccc6c5sc5ccccc56)c4)cc(-c4ccccc4)n3)C2C=C1. The molecule has 5 heteroatoms. The predicted octanol–water partition coefficient (Wildman–Crippen LogP) is 13.7. The topological polar surface area (TPSA) is 34.0 Å². The lowest BCUT2D eigenvalue weighted by atomic mass is 9.92. The van der Waals surface area contributed by atoms with Crippen LogP contribution in [0.15, 0.2) is 194 Å². The molecule has 0 saturated carbocycles. The summed E-state index contributed by atoms with van der Waals surface area (Å²) in [5.41, 5.74) is 11.4. The van der Waals surface area contributed by atoms with Gasteiger partial charge in [-0.15, -0.1) is 11.3 Å². The number of hydrogen-bond acceptors (Lipinski definition) is 4. The van der Waals surface area contributed by atoms with E-state index < -0.39 is 0 Å². The first-order chi connectivity index (χ1) is 28.3. The summed E-state index contributed by atoms with van der Waals surface area (Å²) in [6.07, 6.45) is 10.8. The summed E-state index contributed by atoms with van der Waals surface area (Å²) >= 11 is 1.87. The van der Waals surface area contributed by atoms with Gasteiger partial charge in [-0.2, -0.15) is 0 Å². The van der Waals surface area contributed by atoms with Crippen LogP contribution in [-0.2, 0) is 0 Å². The van der Waals surface area contributed by atoms with Gasteiger partial charge in [-0.3, -0.25) is 4.57 Å². The van der Waals surface area contributed by atoms with Crippen molar-refractivity contribution in [2.75, 3.05) is 4.90 Å². The molecule has 4 aromatic heterocycles. The fraction of sp³-hybridized carbons (Fsp3) is 0.0385. The van der Waals surface area contributed by atoms with E-state index in [-0.39, 0.29) is 12.0 Å². The highest BCUT2D eigenvalue weighted by Gasteiger charge is 2.38. The molecule has 0 fully saturated rings. The maximum absolute atomic E-state index is 5.43. The van der Waals surface area contributed by atoms with Crippen molar-refractivity contribution >= 4 is 64.8 Å². The zero-order valence-electron chi connectivity index (χ0n) is 30.8. The molecular weight excluding hydrogens is 713 g/mol.